The molecule has 1 aromatic rings. The van der Waals surface area contributed by atoms with Crippen molar-refractivity contribution in [1.29, 1.82) is 0 Å². The Hall–Kier alpha value is -8.60. The second-order valence-electron chi connectivity index (χ2n) is 22.2. The molecule has 12 unspecified atom stereocenters. The molecule has 4 heterocycles. The van der Waals surface area contributed by atoms with Crippen LogP contribution in [-0.2, 0) is 73.5 Å². The minimum Gasteiger partial charge on any atom is -0.508 e. The van der Waals surface area contributed by atoms with Gasteiger partial charge in [-0.3, -0.25) is 72.0 Å². The Morgan fingerprint density at radius 3 is 1.28 bits per heavy atom. The fourth-order valence-electron chi connectivity index (χ4n) is 11.0. The first kappa shape index (κ1) is 71.2. The highest BCUT2D eigenvalue weighted by Gasteiger charge is 2.44. The van der Waals surface area contributed by atoms with Crippen LogP contribution in [-0.4, -0.2) is 265 Å². The molecule has 18 N–H and O–H groups in total. The number of phenolic OH excluding ortho intramolecular Hbond substituents is 1. The lowest BCUT2D eigenvalue weighted by Gasteiger charge is -2.31. The number of carboxylic acid groups (broad SMARTS) is 1. The van der Waals surface area contributed by atoms with Gasteiger partial charge in [0.1, 0.15) is 72.2 Å². The van der Waals surface area contributed by atoms with Crippen molar-refractivity contribution in [1.82, 2.24) is 62.1 Å². The SMILES string of the molecule is CCC(NC(=O)C1CCCN1C)C(=O)NC(CO)C(=O)N1CCCC1C(=O)NC(CO)C(=O)NC(CCC(N)=O)C(=O)NC(CC(=O)O)C(=O)N1CCCC1C(=O)NC(Cc1ccc(O)cc1)C(=O)NC(CO)C(=O)N1CCCC1C(=O)NC(CO)C(N)=O. The van der Waals surface area contributed by atoms with Crippen LogP contribution in [0.25, 0.3) is 0 Å². The minimum atomic E-state index is -1.98. The number of aliphatic hydroxyl groups excluding tert-OH is 4. The van der Waals surface area contributed by atoms with Crippen molar-refractivity contribution in [3.8, 4) is 5.75 Å². The number of hydrogen-bond donors (Lipinski definition) is 16. The summed E-state index contributed by atoms with van der Waals surface area (Å²) in [5, 5.41) is 79.5. The Labute approximate surface area is 510 Å². The predicted octanol–water partition coefficient (Wildman–Crippen LogP) is -8.52. The fourth-order valence-corrected chi connectivity index (χ4v) is 11.0. The molecule has 5 rings (SSSR count). The average molecular weight is 1260 g/mol. The fraction of sp³-hybridized carbons (Fsp3) is 0.636. The number of hydrogen-bond acceptors (Lipinski definition) is 20. The molecule has 4 aliphatic heterocycles. The van der Waals surface area contributed by atoms with Gasteiger partial charge < -0.3 is 99.3 Å². The van der Waals surface area contributed by atoms with Crippen LogP contribution < -0.4 is 54.0 Å². The third-order valence-corrected chi connectivity index (χ3v) is 15.9. The summed E-state index contributed by atoms with van der Waals surface area (Å²) in [6, 6.07) is -12.1. The second-order valence-corrected chi connectivity index (χ2v) is 22.2. The summed E-state index contributed by atoms with van der Waals surface area (Å²) in [5.41, 5.74) is 11.0. The molecule has 0 aliphatic carbocycles. The molecule has 4 fully saturated rings. The van der Waals surface area contributed by atoms with Crippen molar-refractivity contribution in [3.63, 3.8) is 0 Å². The van der Waals surface area contributed by atoms with Gasteiger partial charge in [0.15, 0.2) is 0 Å². The maximum Gasteiger partial charge on any atom is 0.305 e. The number of rotatable bonds is 32. The summed E-state index contributed by atoms with van der Waals surface area (Å²) >= 11 is 0. The number of carbonyl (C=O) groups excluding carboxylic acids is 13. The average Bonchev–Trinajstić information content (AvgIpc) is 2.93. The summed E-state index contributed by atoms with van der Waals surface area (Å²) in [5.74, 6) is -14.2. The van der Waals surface area contributed by atoms with E-state index >= 15 is 0 Å². The van der Waals surface area contributed by atoms with Crippen molar-refractivity contribution >= 4 is 82.8 Å². The number of aliphatic hydroxyl groups is 4. The molecular formula is C55H82N14O20. The molecule has 0 radical (unpaired) electrons. The first-order valence-corrected chi connectivity index (χ1v) is 29.3. The molecule has 4 aliphatic rings. The van der Waals surface area contributed by atoms with Gasteiger partial charge in [-0.1, -0.05) is 19.1 Å². The van der Waals surface area contributed by atoms with Crippen LogP contribution in [0.15, 0.2) is 24.3 Å². The lowest BCUT2D eigenvalue weighted by atomic mass is 10.0. The number of likely N-dealkylation sites (tertiary alicyclic amines) is 4. The van der Waals surface area contributed by atoms with Crippen molar-refractivity contribution in [3.05, 3.63) is 29.8 Å². The molecule has 13 amide bonds. The number of benzene rings is 1. The summed E-state index contributed by atoms with van der Waals surface area (Å²) in [4.78, 5) is 192. The van der Waals surface area contributed by atoms with Gasteiger partial charge in [0, 0.05) is 32.5 Å². The molecule has 492 valence electrons. The van der Waals surface area contributed by atoms with E-state index in [-0.39, 0.29) is 76.2 Å². The highest BCUT2D eigenvalue weighted by atomic mass is 16.4. The first-order chi connectivity index (χ1) is 42.3. The Balaban J connectivity index is 1.27. The number of primary amides is 2. The van der Waals surface area contributed by atoms with Crippen molar-refractivity contribution in [2.75, 3.05) is 59.7 Å². The lowest BCUT2D eigenvalue weighted by Crippen LogP contribution is -2.61. The van der Waals surface area contributed by atoms with Crippen molar-refractivity contribution < 1.29 is 97.8 Å². The summed E-state index contributed by atoms with van der Waals surface area (Å²) in [6.07, 6.45) is -0.364. The Morgan fingerprint density at radius 2 is 0.854 bits per heavy atom. The van der Waals surface area contributed by atoms with E-state index in [1.54, 1.807) is 14.0 Å². The van der Waals surface area contributed by atoms with E-state index in [9.17, 15) is 97.8 Å². The lowest BCUT2D eigenvalue weighted by molar-refractivity contribution is -0.146. The molecule has 0 aromatic heterocycles. The summed E-state index contributed by atoms with van der Waals surface area (Å²) in [6.45, 7) is -1.78. The van der Waals surface area contributed by atoms with Crippen LogP contribution in [0.1, 0.15) is 89.5 Å². The van der Waals surface area contributed by atoms with Gasteiger partial charge in [-0.25, -0.2) is 0 Å². The van der Waals surface area contributed by atoms with Gasteiger partial charge in [0.05, 0.1) is 38.9 Å². The normalized spacial score (nSPS) is 20.9. The molecular weight excluding hydrogens is 1180 g/mol. The molecule has 0 bridgehead atoms. The van der Waals surface area contributed by atoms with Gasteiger partial charge in [-0.05, 0) is 95.5 Å². The van der Waals surface area contributed by atoms with Crippen LogP contribution in [0.3, 0.4) is 0 Å². The highest BCUT2D eigenvalue weighted by molar-refractivity contribution is 6.00. The van der Waals surface area contributed by atoms with Gasteiger partial charge in [-0.2, -0.15) is 0 Å². The molecule has 12 atom stereocenters. The van der Waals surface area contributed by atoms with Crippen LogP contribution >= 0.6 is 0 Å². The minimum absolute atomic E-state index is 0.0199. The molecule has 0 saturated carbocycles. The second kappa shape index (κ2) is 33.7. The Bertz CT molecular complexity index is 2780. The number of amides is 13. The third-order valence-electron chi connectivity index (χ3n) is 15.9. The molecule has 34 heteroatoms. The quantitative estimate of drug-likeness (QED) is 0.0319. The van der Waals surface area contributed by atoms with Crippen molar-refractivity contribution in [2.45, 2.75) is 163 Å². The van der Waals surface area contributed by atoms with E-state index in [4.69, 9.17) is 11.5 Å². The predicted molar refractivity (Wildman–Crippen MR) is 306 cm³/mol. The monoisotopic (exact) mass is 1260 g/mol. The number of nitrogens with one attached hydrogen (secondary N) is 8. The van der Waals surface area contributed by atoms with Crippen LogP contribution in [0.4, 0.5) is 0 Å². The molecule has 4 saturated heterocycles. The molecule has 1 aromatic carbocycles. The zero-order valence-corrected chi connectivity index (χ0v) is 49.4. The topological polar surface area (TPSA) is 522 Å². The van der Waals surface area contributed by atoms with E-state index in [0.717, 1.165) is 21.1 Å². The molecule has 34 nitrogen and oxygen atoms in total. The molecule has 89 heavy (non-hydrogen) atoms. The van der Waals surface area contributed by atoms with Crippen LogP contribution in [0, 0.1) is 0 Å². The number of likely N-dealkylation sites (N-methyl/N-ethyl adjacent to an activating group) is 1. The Kier molecular flexibility index (Phi) is 26.9. The largest absolute Gasteiger partial charge is 0.508 e. The third kappa shape index (κ3) is 19.4. The first-order valence-electron chi connectivity index (χ1n) is 29.3. The zero-order chi connectivity index (χ0) is 65.8. The number of carbonyl (C=O) groups is 14. The Morgan fingerprint density at radius 1 is 0.483 bits per heavy atom. The number of nitrogens with zero attached hydrogens (tertiary/aromatic N) is 4. The van der Waals surface area contributed by atoms with Gasteiger partial charge in [0.2, 0.25) is 76.8 Å². The number of nitrogens with two attached hydrogens (primary N) is 2. The summed E-state index contributed by atoms with van der Waals surface area (Å²) < 4.78 is 0. The van der Waals surface area contributed by atoms with E-state index < -0.39 is 195 Å². The maximum absolute atomic E-state index is 14.4. The van der Waals surface area contributed by atoms with Gasteiger partial charge in [0.25, 0.3) is 0 Å². The van der Waals surface area contributed by atoms with Crippen LogP contribution in [0.2, 0.25) is 0 Å². The molecule has 0 spiro atoms. The standard InChI is InChI=1S/C55H82N14O20/c1-3-30(58-49(83)38-8-4-18-66(38)2)45(79)64-36(26-72)54(88)69-21-7-11-41(69)52(86)63-35(25-71)48(82)59-31(16-17-42(56)75)46(80)61-33(23-43(76)77)53(87)67-19-5-9-39(67)50(84)60-32(22-28-12-14-29(74)15-13-28)47(81)65-37(27-73)55(89)68-20-6-10-40(68)51(85)62-34(24-70)44(57)78/h12-15,30-41,70-74H,3-11,16-27H2,1-2H3,(H2,56,75)(H2,57,78)(H,58,83)(H,59,82)(H,60,84)(H,61,80)(H,62,85)(H,63,86)(H,64,79)(H,65,81)(H,76,77). The van der Waals surface area contributed by atoms with E-state index in [0.29, 0.717) is 24.9 Å². The van der Waals surface area contributed by atoms with E-state index in [2.05, 4.69) is 42.5 Å². The zero-order valence-electron chi connectivity index (χ0n) is 49.4. The number of phenols is 1. The number of aliphatic carboxylic acids is 1. The van der Waals surface area contributed by atoms with Gasteiger partial charge in [-0.15, -0.1) is 0 Å². The highest BCUT2D eigenvalue weighted by Crippen LogP contribution is 2.24. The maximum atomic E-state index is 14.4. The smallest absolute Gasteiger partial charge is 0.305 e. The number of aromatic hydroxyl groups is 1. The number of carboxylic acids is 1. The van der Waals surface area contributed by atoms with E-state index in [1.807, 2.05) is 4.90 Å². The summed E-state index contributed by atoms with van der Waals surface area (Å²) in [7, 11) is 1.78. The van der Waals surface area contributed by atoms with E-state index in [1.165, 1.54) is 24.3 Å². The van der Waals surface area contributed by atoms with Crippen molar-refractivity contribution in [2.24, 2.45) is 11.5 Å². The van der Waals surface area contributed by atoms with Gasteiger partial charge >= 0.3 is 5.97 Å². The van der Waals surface area contributed by atoms with Crippen LogP contribution in [0.5, 0.6) is 5.75 Å².